The number of nitriles is 1. The third-order valence-corrected chi connectivity index (χ3v) is 2.54. The van der Waals surface area contributed by atoms with Gasteiger partial charge in [-0.1, -0.05) is 11.6 Å². The summed E-state index contributed by atoms with van der Waals surface area (Å²) < 4.78 is 13.2. The van der Waals surface area contributed by atoms with Crippen molar-refractivity contribution in [2.75, 3.05) is 5.32 Å². The van der Waals surface area contributed by atoms with E-state index < -0.39 is 10.7 Å². The highest BCUT2D eigenvalue weighted by molar-refractivity contribution is 6.29. The van der Waals surface area contributed by atoms with Crippen LogP contribution in [0.15, 0.2) is 30.3 Å². The molecule has 8 heteroatoms. The zero-order valence-electron chi connectivity index (χ0n) is 9.80. The van der Waals surface area contributed by atoms with Gasteiger partial charge in [-0.05, 0) is 18.2 Å². The van der Waals surface area contributed by atoms with Crippen molar-refractivity contribution in [3.8, 4) is 6.07 Å². The van der Waals surface area contributed by atoms with Gasteiger partial charge in [0.2, 0.25) is 0 Å². The molecule has 0 spiro atoms. The first kappa shape index (κ1) is 13.7. The van der Waals surface area contributed by atoms with E-state index >= 15 is 0 Å². The molecule has 0 bridgehead atoms. The van der Waals surface area contributed by atoms with E-state index in [1.807, 2.05) is 0 Å². The van der Waals surface area contributed by atoms with Gasteiger partial charge >= 0.3 is 0 Å². The summed E-state index contributed by atoms with van der Waals surface area (Å²) in [5.41, 5.74) is -0.00587. The number of pyridine rings is 1. The monoisotopic (exact) mass is 292 g/mol. The number of aromatic nitrogens is 1. The van der Waals surface area contributed by atoms with E-state index in [9.17, 15) is 14.5 Å². The smallest absolute Gasteiger partial charge is 0.276 e. The predicted molar refractivity (Wildman–Crippen MR) is 70.3 cm³/mol. The average molecular weight is 293 g/mol. The molecule has 0 radical (unpaired) electrons. The standard InChI is InChI=1S/C12H6ClFN4O2/c13-11-4-9(18(19)20)5-12(17-11)16-8-1-2-10(14)7(3-8)6-15/h1-5H,(H,16,17). The van der Waals surface area contributed by atoms with E-state index in [1.54, 1.807) is 6.07 Å². The van der Waals surface area contributed by atoms with Crippen LogP contribution in [0.1, 0.15) is 5.56 Å². The van der Waals surface area contributed by atoms with Gasteiger partial charge in [-0.2, -0.15) is 5.26 Å². The summed E-state index contributed by atoms with van der Waals surface area (Å²) in [6.45, 7) is 0. The fourth-order valence-electron chi connectivity index (χ4n) is 1.49. The topological polar surface area (TPSA) is 91.8 Å². The van der Waals surface area contributed by atoms with Gasteiger partial charge in [0.1, 0.15) is 22.9 Å². The van der Waals surface area contributed by atoms with Gasteiger partial charge in [0.15, 0.2) is 0 Å². The van der Waals surface area contributed by atoms with E-state index in [2.05, 4.69) is 10.3 Å². The molecular weight excluding hydrogens is 287 g/mol. The number of halogens is 2. The van der Waals surface area contributed by atoms with Crippen LogP contribution < -0.4 is 5.32 Å². The first-order chi connectivity index (χ1) is 9.49. The number of benzene rings is 1. The van der Waals surface area contributed by atoms with E-state index in [1.165, 1.54) is 18.2 Å². The van der Waals surface area contributed by atoms with Gasteiger partial charge < -0.3 is 5.32 Å². The molecule has 1 heterocycles. The highest BCUT2D eigenvalue weighted by Gasteiger charge is 2.11. The number of rotatable bonds is 3. The first-order valence-electron chi connectivity index (χ1n) is 5.28. The molecule has 100 valence electrons. The second-order valence-corrected chi connectivity index (χ2v) is 4.11. The van der Waals surface area contributed by atoms with Gasteiger partial charge in [-0.25, -0.2) is 9.37 Å². The molecule has 1 aromatic heterocycles. The molecule has 0 fully saturated rings. The van der Waals surface area contributed by atoms with E-state index in [0.29, 0.717) is 5.69 Å². The molecule has 20 heavy (non-hydrogen) atoms. The third-order valence-electron chi connectivity index (χ3n) is 2.35. The Morgan fingerprint density at radius 1 is 1.40 bits per heavy atom. The van der Waals surface area contributed by atoms with Crippen molar-refractivity contribution in [1.82, 2.24) is 4.98 Å². The summed E-state index contributed by atoms with van der Waals surface area (Å²) in [4.78, 5) is 14.0. The fraction of sp³-hybridized carbons (Fsp3) is 0. The molecule has 0 saturated heterocycles. The van der Waals surface area contributed by atoms with Crippen LogP contribution in [0.3, 0.4) is 0 Å². The summed E-state index contributed by atoms with van der Waals surface area (Å²) in [5.74, 6) is -0.525. The van der Waals surface area contributed by atoms with E-state index in [0.717, 1.165) is 12.1 Å². The summed E-state index contributed by atoms with van der Waals surface area (Å²) in [5, 5.41) is 22.1. The predicted octanol–water partition coefficient (Wildman–Crippen LogP) is 3.40. The Labute approximate surface area is 117 Å². The van der Waals surface area contributed by atoms with E-state index in [4.69, 9.17) is 16.9 Å². The van der Waals surface area contributed by atoms with Crippen LogP contribution in [0, 0.1) is 27.3 Å². The van der Waals surface area contributed by atoms with Crippen LogP contribution in [0.25, 0.3) is 0 Å². The lowest BCUT2D eigenvalue weighted by Crippen LogP contribution is -1.97. The minimum atomic E-state index is -0.650. The zero-order chi connectivity index (χ0) is 14.7. The Hall–Kier alpha value is -2.72. The number of nitro groups is 1. The fourth-order valence-corrected chi connectivity index (χ4v) is 1.69. The largest absolute Gasteiger partial charge is 0.340 e. The minimum absolute atomic E-state index is 0.0516. The summed E-state index contributed by atoms with van der Waals surface area (Å²) in [6.07, 6.45) is 0. The van der Waals surface area contributed by atoms with E-state index in [-0.39, 0.29) is 22.2 Å². The number of anilines is 2. The molecule has 6 nitrogen and oxygen atoms in total. The molecule has 0 aliphatic heterocycles. The Balaban J connectivity index is 2.35. The summed E-state index contributed by atoms with van der Waals surface area (Å²) in [7, 11) is 0. The molecule has 0 aliphatic carbocycles. The van der Waals surface area contributed by atoms with Gasteiger partial charge in [0, 0.05) is 5.69 Å². The molecule has 1 aromatic carbocycles. The lowest BCUT2D eigenvalue weighted by Gasteiger charge is -2.06. The Morgan fingerprint density at radius 3 is 2.80 bits per heavy atom. The van der Waals surface area contributed by atoms with Crippen molar-refractivity contribution >= 4 is 28.8 Å². The molecular formula is C12H6ClFN4O2. The van der Waals surface area contributed by atoms with Crippen molar-refractivity contribution in [3.05, 3.63) is 57.0 Å². The number of nitrogens with zero attached hydrogens (tertiary/aromatic N) is 3. The normalized spacial score (nSPS) is 9.85. The van der Waals surface area contributed by atoms with Gasteiger partial charge in [0.05, 0.1) is 22.6 Å². The second-order valence-electron chi connectivity index (χ2n) is 3.72. The highest BCUT2D eigenvalue weighted by atomic mass is 35.5. The molecule has 1 N–H and O–H groups in total. The maximum atomic E-state index is 13.2. The Kier molecular flexibility index (Phi) is 3.77. The molecule has 0 aliphatic rings. The molecule has 0 saturated carbocycles. The lowest BCUT2D eigenvalue weighted by molar-refractivity contribution is -0.384. The van der Waals surface area contributed by atoms with Crippen LogP contribution in [0.5, 0.6) is 0 Å². The quantitative estimate of drug-likeness (QED) is 0.532. The minimum Gasteiger partial charge on any atom is -0.340 e. The first-order valence-corrected chi connectivity index (χ1v) is 5.66. The maximum absolute atomic E-state index is 13.2. The van der Waals surface area contributed by atoms with Gasteiger partial charge in [-0.3, -0.25) is 10.1 Å². The molecule has 0 amide bonds. The number of hydrogen-bond acceptors (Lipinski definition) is 5. The van der Waals surface area contributed by atoms with Gasteiger partial charge in [-0.15, -0.1) is 0 Å². The van der Waals surface area contributed by atoms with Crippen molar-refractivity contribution < 1.29 is 9.31 Å². The van der Waals surface area contributed by atoms with Crippen LogP contribution in [0.2, 0.25) is 5.15 Å². The maximum Gasteiger partial charge on any atom is 0.276 e. The van der Waals surface area contributed by atoms with Crippen molar-refractivity contribution in [1.29, 1.82) is 5.26 Å². The molecule has 2 rings (SSSR count). The Morgan fingerprint density at radius 2 is 2.15 bits per heavy atom. The van der Waals surface area contributed by atoms with Gasteiger partial charge in [0.25, 0.3) is 5.69 Å². The van der Waals surface area contributed by atoms with Crippen molar-refractivity contribution in [2.24, 2.45) is 0 Å². The SMILES string of the molecule is N#Cc1cc(Nc2cc([N+](=O)[O-])cc(Cl)n2)ccc1F. The highest BCUT2D eigenvalue weighted by Crippen LogP contribution is 2.24. The van der Waals surface area contributed by atoms with Crippen molar-refractivity contribution in [2.45, 2.75) is 0 Å². The lowest BCUT2D eigenvalue weighted by atomic mass is 10.2. The number of hydrogen-bond donors (Lipinski definition) is 1. The molecule has 0 unspecified atom stereocenters. The average Bonchev–Trinajstić information content (AvgIpc) is 2.40. The van der Waals surface area contributed by atoms with Crippen molar-refractivity contribution in [3.63, 3.8) is 0 Å². The summed E-state index contributed by atoms with van der Waals surface area (Å²) >= 11 is 5.68. The zero-order valence-corrected chi connectivity index (χ0v) is 10.6. The third kappa shape index (κ3) is 2.99. The molecule has 2 aromatic rings. The Bertz CT molecular complexity index is 730. The number of nitrogens with one attached hydrogen (secondary N) is 1. The van der Waals surface area contributed by atoms with Crippen LogP contribution >= 0.6 is 11.6 Å². The second kappa shape index (κ2) is 5.50. The summed E-state index contributed by atoms with van der Waals surface area (Å²) in [6, 6.07) is 7.74. The van der Waals surface area contributed by atoms with Crippen LogP contribution in [-0.4, -0.2) is 9.91 Å². The molecule has 0 atom stereocenters. The van der Waals surface area contributed by atoms with Crippen LogP contribution in [0.4, 0.5) is 21.6 Å². The van der Waals surface area contributed by atoms with Crippen LogP contribution in [-0.2, 0) is 0 Å².